The zero-order valence-corrected chi connectivity index (χ0v) is 16.6. The van der Waals surface area contributed by atoms with Crippen LogP contribution in [-0.4, -0.2) is 31.3 Å². The van der Waals surface area contributed by atoms with Crippen LogP contribution in [0.4, 0.5) is 0 Å². The normalized spacial score (nSPS) is 22.1. The molecule has 0 spiro atoms. The van der Waals surface area contributed by atoms with E-state index in [0.717, 1.165) is 12.0 Å². The lowest BCUT2D eigenvalue weighted by Crippen LogP contribution is -2.41. The maximum atomic E-state index is 13.1. The van der Waals surface area contributed by atoms with Crippen LogP contribution in [0, 0.1) is 6.92 Å². The Labute approximate surface area is 165 Å². The molecule has 5 nitrogen and oxygen atoms in total. The molecule has 0 radical (unpaired) electrons. The number of ether oxygens (including phenoxy) is 1. The summed E-state index contributed by atoms with van der Waals surface area (Å²) in [6, 6.07) is 16.8. The van der Waals surface area contributed by atoms with Crippen molar-refractivity contribution >= 4 is 16.0 Å². The van der Waals surface area contributed by atoms with Crippen molar-refractivity contribution in [2.45, 2.75) is 43.6 Å². The van der Waals surface area contributed by atoms with Crippen molar-refractivity contribution in [3.8, 4) is 0 Å². The van der Waals surface area contributed by atoms with E-state index < -0.39 is 10.0 Å². The van der Waals surface area contributed by atoms with Gasteiger partial charge in [0.2, 0.25) is 0 Å². The number of esters is 1. The van der Waals surface area contributed by atoms with Crippen LogP contribution in [0.15, 0.2) is 70.8 Å². The first-order chi connectivity index (χ1) is 13.5. The van der Waals surface area contributed by atoms with E-state index in [1.807, 2.05) is 37.3 Å². The lowest BCUT2D eigenvalue weighted by Gasteiger charge is -2.33. The largest absolute Gasteiger partial charge is 0.454 e. The Morgan fingerprint density at radius 3 is 2.46 bits per heavy atom. The average Bonchev–Trinajstić information content (AvgIpc) is 3.15. The summed E-state index contributed by atoms with van der Waals surface area (Å²) in [7, 11) is -3.67. The van der Waals surface area contributed by atoms with Crippen LogP contribution in [0.25, 0.3) is 0 Å². The van der Waals surface area contributed by atoms with Crippen LogP contribution in [0.2, 0.25) is 0 Å². The quantitative estimate of drug-likeness (QED) is 0.571. The molecule has 4 rings (SSSR count). The standard InChI is InChI=1S/C22H23NO4S/c1-16-9-12-18(13-10-16)28(25,26)23-15-5-8-19(23)21-20(27-22(21)24)14-11-17-6-3-2-4-7-17/h2-4,6-7,9-10,12-13,20H,5,8,11,14-15H2,1H3/b21-19+/t20-/m1/s1. The van der Waals surface area contributed by atoms with E-state index in [1.54, 1.807) is 24.3 Å². The summed E-state index contributed by atoms with van der Waals surface area (Å²) >= 11 is 0. The van der Waals surface area contributed by atoms with Gasteiger partial charge in [-0.1, -0.05) is 48.0 Å². The van der Waals surface area contributed by atoms with E-state index in [-0.39, 0.29) is 17.0 Å². The zero-order valence-electron chi connectivity index (χ0n) is 15.8. The van der Waals surface area contributed by atoms with Crippen molar-refractivity contribution in [3.05, 3.63) is 77.0 Å². The molecule has 0 amide bonds. The Morgan fingerprint density at radius 1 is 1.07 bits per heavy atom. The highest BCUT2D eigenvalue weighted by Gasteiger charge is 2.43. The first-order valence-electron chi connectivity index (χ1n) is 9.54. The van der Waals surface area contributed by atoms with Gasteiger partial charge in [-0.15, -0.1) is 0 Å². The van der Waals surface area contributed by atoms with E-state index in [4.69, 9.17) is 4.74 Å². The summed E-state index contributed by atoms with van der Waals surface area (Å²) in [5, 5.41) is 0. The molecule has 1 atom stereocenters. The number of carbonyl (C=O) groups is 1. The average molecular weight is 397 g/mol. The topological polar surface area (TPSA) is 63.7 Å². The number of rotatable bonds is 5. The number of carbonyl (C=O) groups excluding carboxylic acids is 1. The molecule has 0 N–H and O–H groups in total. The Hall–Kier alpha value is -2.60. The number of benzene rings is 2. The first-order valence-corrected chi connectivity index (χ1v) is 11.0. The second-order valence-electron chi connectivity index (χ2n) is 7.27. The Bertz CT molecular complexity index is 1010. The van der Waals surface area contributed by atoms with Crippen molar-refractivity contribution in [3.63, 3.8) is 0 Å². The van der Waals surface area contributed by atoms with Gasteiger partial charge in [-0.05, 0) is 50.3 Å². The summed E-state index contributed by atoms with van der Waals surface area (Å²) in [6.07, 6.45) is 2.39. The van der Waals surface area contributed by atoms with Crippen molar-refractivity contribution in [2.75, 3.05) is 6.54 Å². The summed E-state index contributed by atoms with van der Waals surface area (Å²) < 4.78 is 33.0. The van der Waals surface area contributed by atoms with Gasteiger partial charge in [0.1, 0.15) is 6.10 Å². The molecule has 0 bridgehead atoms. The summed E-state index contributed by atoms with van der Waals surface area (Å²) in [5.74, 6) is -0.390. The second kappa shape index (κ2) is 7.43. The second-order valence-corrected chi connectivity index (χ2v) is 9.13. The number of aryl methyl sites for hydroxylation is 2. The van der Waals surface area contributed by atoms with Gasteiger partial charge in [0.15, 0.2) is 0 Å². The number of cyclic esters (lactones) is 1. The minimum Gasteiger partial charge on any atom is -0.454 e. The molecule has 0 aliphatic carbocycles. The van der Waals surface area contributed by atoms with Crippen molar-refractivity contribution < 1.29 is 17.9 Å². The molecule has 2 saturated heterocycles. The molecule has 0 unspecified atom stereocenters. The fourth-order valence-corrected chi connectivity index (χ4v) is 5.38. The van der Waals surface area contributed by atoms with Crippen molar-refractivity contribution in [2.24, 2.45) is 0 Å². The number of sulfonamides is 1. The molecule has 2 aliphatic heterocycles. The molecule has 2 aliphatic rings. The third-order valence-electron chi connectivity index (χ3n) is 5.32. The van der Waals surface area contributed by atoms with Crippen LogP contribution in [0.3, 0.4) is 0 Å². The predicted molar refractivity (Wildman–Crippen MR) is 106 cm³/mol. The molecule has 2 aromatic rings. The lowest BCUT2D eigenvalue weighted by atomic mass is 9.95. The summed E-state index contributed by atoms with van der Waals surface area (Å²) in [5.41, 5.74) is 3.31. The molecule has 6 heteroatoms. The third kappa shape index (κ3) is 3.44. The SMILES string of the molecule is Cc1ccc(S(=O)(=O)N2CCC/C2=C2\C(=O)O[C@@H]2CCc2ccccc2)cc1. The Morgan fingerprint density at radius 2 is 1.79 bits per heavy atom. The van der Waals surface area contributed by atoms with Gasteiger partial charge >= 0.3 is 5.97 Å². The highest BCUT2D eigenvalue weighted by Crippen LogP contribution is 2.37. The monoisotopic (exact) mass is 397 g/mol. The fourth-order valence-electron chi connectivity index (χ4n) is 3.80. The summed E-state index contributed by atoms with van der Waals surface area (Å²) in [6.45, 7) is 2.31. The maximum Gasteiger partial charge on any atom is 0.340 e. The minimum absolute atomic E-state index is 0.256. The molecule has 0 aromatic heterocycles. The van der Waals surface area contributed by atoms with Gasteiger partial charge in [0, 0.05) is 12.2 Å². The fraction of sp³-hybridized carbons (Fsp3) is 0.318. The van der Waals surface area contributed by atoms with Crippen LogP contribution in [-0.2, 0) is 26.0 Å². The van der Waals surface area contributed by atoms with Crippen LogP contribution in [0.1, 0.15) is 30.4 Å². The number of nitrogens with zero attached hydrogens (tertiary/aromatic N) is 1. The Balaban J connectivity index is 1.59. The van der Waals surface area contributed by atoms with E-state index in [0.29, 0.717) is 37.1 Å². The highest BCUT2D eigenvalue weighted by molar-refractivity contribution is 7.89. The maximum absolute atomic E-state index is 13.1. The molecule has 2 fully saturated rings. The van der Waals surface area contributed by atoms with Crippen LogP contribution >= 0.6 is 0 Å². The first kappa shape index (κ1) is 18.7. The summed E-state index contributed by atoms with van der Waals surface area (Å²) in [4.78, 5) is 12.4. The third-order valence-corrected chi connectivity index (χ3v) is 7.18. The Kier molecular flexibility index (Phi) is 4.98. The molecule has 146 valence electrons. The molecule has 28 heavy (non-hydrogen) atoms. The van der Waals surface area contributed by atoms with Crippen molar-refractivity contribution in [1.29, 1.82) is 0 Å². The van der Waals surface area contributed by atoms with E-state index in [9.17, 15) is 13.2 Å². The van der Waals surface area contributed by atoms with E-state index in [2.05, 4.69) is 0 Å². The van der Waals surface area contributed by atoms with Gasteiger partial charge in [-0.3, -0.25) is 4.31 Å². The van der Waals surface area contributed by atoms with Crippen molar-refractivity contribution in [1.82, 2.24) is 4.31 Å². The smallest absolute Gasteiger partial charge is 0.340 e. The molecular formula is C22H23NO4S. The number of hydrogen-bond acceptors (Lipinski definition) is 4. The lowest BCUT2D eigenvalue weighted by molar-refractivity contribution is -0.156. The molecule has 0 saturated carbocycles. The van der Waals surface area contributed by atoms with E-state index >= 15 is 0 Å². The van der Waals surface area contributed by atoms with E-state index in [1.165, 1.54) is 9.87 Å². The predicted octanol–water partition coefficient (Wildman–Crippen LogP) is 3.59. The minimum atomic E-state index is -3.67. The zero-order chi connectivity index (χ0) is 19.7. The van der Waals surface area contributed by atoms with Gasteiger partial charge in [0.05, 0.1) is 10.5 Å². The van der Waals surface area contributed by atoms with Gasteiger partial charge < -0.3 is 4.74 Å². The highest BCUT2D eigenvalue weighted by atomic mass is 32.2. The van der Waals surface area contributed by atoms with Crippen LogP contribution < -0.4 is 0 Å². The molecular weight excluding hydrogens is 374 g/mol. The van der Waals surface area contributed by atoms with Gasteiger partial charge in [0.25, 0.3) is 10.0 Å². The van der Waals surface area contributed by atoms with Gasteiger partial charge in [-0.25, -0.2) is 13.2 Å². The molecule has 2 heterocycles. The van der Waals surface area contributed by atoms with Gasteiger partial charge in [-0.2, -0.15) is 0 Å². The van der Waals surface area contributed by atoms with Crippen LogP contribution in [0.5, 0.6) is 0 Å². The molecule has 2 aromatic carbocycles. The number of hydrogen-bond donors (Lipinski definition) is 0. The number of allylic oxidation sites excluding steroid dienone is 1.